The van der Waals surface area contributed by atoms with E-state index in [-0.39, 0.29) is 11.9 Å². The number of furan rings is 1. The number of nitrogens with one attached hydrogen (secondary N) is 1. The first-order valence-corrected chi connectivity index (χ1v) is 8.69. The van der Waals surface area contributed by atoms with Gasteiger partial charge in [-0.25, -0.2) is 4.98 Å². The number of carbonyl (C=O) groups is 1. The number of aryl methyl sites for hydroxylation is 2. The van der Waals surface area contributed by atoms with Crippen molar-refractivity contribution in [3.63, 3.8) is 0 Å². The van der Waals surface area contributed by atoms with Gasteiger partial charge in [-0.05, 0) is 32.9 Å². The molecule has 3 heterocycles. The molecule has 25 heavy (non-hydrogen) atoms. The fourth-order valence-corrected chi connectivity index (χ4v) is 3.19. The van der Waals surface area contributed by atoms with Gasteiger partial charge in [0, 0.05) is 24.8 Å². The molecule has 0 bridgehead atoms. The first kappa shape index (κ1) is 17.8. The highest BCUT2D eigenvalue weighted by atomic mass is 35.5. The maximum Gasteiger partial charge on any atom is 0.255 e. The maximum absolute atomic E-state index is 12.5. The van der Waals surface area contributed by atoms with Crippen LogP contribution in [0.15, 0.2) is 22.7 Å². The van der Waals surface area contributed by atoms with Gasteiger partial charge in [0.05, 0.1) is 29.8 Å². The predicted octanol–water partition coefficient (Wildman–Crippen LogP) is 3.59. The van der Waals surface area contributed by atoms with E-state index in [1.165, 1.54) is 0 Å². The van der Waals surface area contributed by atoms with Crippen LogP contribution >= 0.6 is 11.6 Å². The van der Waals surface area contributed by atoms with Gasteiger partial charge in [-0.3, -0.25) is 4.79 Å². The molecule has 1 atom stereocenters. The monoisotopic (exact) mass is 363 g/mol. The maximum atomic E-state index is 12.5. The van der Waals surface area contributed by atoms with E-state index in [0.29, 0.717) is 42.7 Å². The standard InChI is InChI=1S/C18H22ClN3O3/c1-11-8-15(13(3)25-11)12(2)21-17-16(19)9-14(10-20-17)18(23)22-4-6-24-7-5-22/h8-10,12H,4-7H2,1-3H3,(H,20,21). The smallest absolute Gasteiger partial charge is 0.255 e. The Bertz CT molecular complexity index is 769. The molecule has 1 aliphatic heterocycles. The lowest BCUT2D eigenvalue weighted by Gasteiger charge is -2.27. The van der Waals surface area contributed by atoms with E-state index in [0.717, 1.165) is 17.1 Å². The summed E-state index contributed by atoms with van der Waals surface area (Å²) >= 11 is 6.35. The van der Waals surface area contributed by atoms with Crippen LogP contribution in [0.1, 0.15) is 40.4 Å². The number of anilines is 1. The number of carbonyl (C=O) groups excluding carboxylic acids is 1. The molecular weight excluding hydrogens is 342 g/mol. The zero-order valence-corrected chi connectivity index (χ0v) is 15.4. The van der Waals surface area contributed by atoms with Gasteiger partial charge in [-0.2, -0.15) is 0 Å². The van der Waals surface area contributed by atoms with Gasteiger partial charge in [0.2, 0.25) is 0 Å². The number of halogens is 1. The normalized spacial score (nSPS) is 15.9. The van der Waals surface area contributed by atoms with Gasteiger partial charge in [0.25, 0.3) is 5.91 Å². The SMILES string of the molecule is Cc1cc(C(C)Nc2ncc(C(=O)N3CCOCC3)cc2Cl)c(C)o1. The zero-order chi connectivity index (χ0) is 18.0. The number of hydrogen-bond donors (Lipinski definition) is 1. The fourth-order valence-electron chi connectivity index (χ4n) is 2.97. The highest BCUT2D eigenvalue weighted by Gasteiger charge is 2.20. The molecule has 0 radical (unpaired) electrons. The van der Waals surface area contributed by atoms with Crippen molar-refractivity contribution in [3.8, 4) is 0 Å². The van der Waals surface area contributed by atoms with Crippen molar-refractivity contribution in [3.05, 3.63) is 46.0 Å². The van der Waals surface area contributed by atoms with Gasteiger partial charge in [-0.1, -0.05) is 11.6 Å². The minimum Gasteiger partial charge on any atom is -0.466 e. The van der Waals surface area contributed by atoms with Gasteiger partial charge in [-0.15, -0.1) is 0 Å². The van der Waals surface area contributed by atoms with E-state index in [1.54, 1.807) is 17.2 Å². The van der Waals surface area contributed by atoms with Gasteiger partial charge < -0.3 is 19.4 Å². The van der Waals surface area contributed by atoms with E-state index in [4.69, 9.17) is 20.8 Å². The summed E-state index contributed by atoms with van der Waals surface area (Å²) < 4.78 is 10.8. The number of morpholine rings is 1. The van der Waals surface area contributed by atoms with Crippen molar-refractivity contribution in [2.75, 3.05) is 31.6 Å². The van der Waals surface area contributed by atoms with Crippen molar-refractivity contribution >= 4 is 23.3 Å². The first-order valence-electron chi connectivity index (χ1n) is 8.31. The minimum atomic E-state index is -0.0707. The summed E-state index contributed by atoms with van der Waals surface area (Å²) in [6.45, 7) is 8.17. The van der Waals surface area contributed by atoms with Crippen LogP contribution in [0.5, 0.6) is 0 Å². The van der Waals surface area contributed by atoms with E-state index in [1.807, 2.05) is 26.8 Å². The van der Waals surface area contributed by atoms with Crippen LogP contribution < -0.4 is 5.32 Å². The molecule has 1 fully saturated rings. The van der Waals surface area contributed by atoms with Crippen molar-refractivity contribution in [2.45, 2.75) is 26.8 Å². The van der Waals surface area contributed by atoms with Gasteiger partial charge in [0.1, 0.15) is 17.3 Å². The number of nitrogens with zero attached hydrogens (tertiary/aromatic N) is 2. The summed E-state index contributed by atoms with van der Waals surface area (Å²) in [4.78, 5) is 18.6. The molecule has 1 saturated heterocycles. The highest BCUT2D eigenvalue weighted by molar-refractivity contribution is 6.33. The van der Waals surface area contributed by atoms with Crippen molar-refractivity contribution in [1.82, 2.24) is 9.88 Å². The van der Waals surface area contributed by atoms with Crippen LogP contribution in [0.3, 0.4) is 0 Å². The minimum absolute atomic E-state index is 0.0109. The Balaban J connectivity index is 1.73. The molecule has 1 aliphatic rings. The van der Waals surface area contributed by atoms with Crippen LogP contribution in [-0.2, 0) is 4.74 Å². The lowest BCUT2D eigenvalue weighted by atomic mass is 10.1. The Morgan fingerprint density at radius 2 is 2.04 bits per heavy atom. The number of pyridine rings is 1. The molecule has 2 aromatic rings. The summed E-state index contributed by atoms with van der Waals surface area (Å²) in [5.41, 5.74) is 1.55. The number of ether oxygens (including phenoxy) is 1. The van der Waals surface area contributed by atoms with Gasteiger partial charge in [0.15, 0.2) is 0 Å². The Morgan fingerprint density at radius 3 is 2.64 bits per heavy atom. The molecule has 7 heteroatoms. The lowest BCUT2D eigenvalue weighted by molar-refractivity contribution is 0.0302. The van der Waals surface area contributed by atoms with E-state index >= 15 is 0 Å². The average Bonchev–Trinajstić information content (AvgIpc) is 2.95. The fraction of sp³-hybridized carbons (Fsp3) is 0.444. The van der Waals surface area contributed by atoms with E-state index in [9.17, 15) is 4.79 Å². The van der Waals surface area contributed by atoms with Crippen molar-refractivity contribution in [1.29, 1.82) is 0 Å². The molecule has 0 aliphatic carbocycles. The molecule has 134 valence electrons. The topological polar surface area (TPSA) is 67.6 Å². The number of hydrogen-bond acceptors (Lipinski definition) is 5. The molecule has 1 N–H and O–H groups in total. The molecule has 0 spiro atoms. The molecule has 6 nitrogen and oxygen atoms in total. The van der Waals surface area contributed by atoms with Crippen molar-refractivity contribution in [2.24, 2.45) is 0 Å². The third-order valence-electron chi connectivity index (χ3n) is 4.29. The third kappa shape index (κ3) is 3.96. The largest absolute Gasteiger partial charge is 0.466 e. The second-order valence-electron chi connectivity index (χ2n) is 6.19. The van der Waals surface area contributed by atoms with Gasteiger partial charge >= 0.3 is 0 Å². The van der Waals surface area contributed by atoms with Crippen LogP contribution in [0, 0.1) is 13.8 Å². The van der Waals surface area contributed by atoms with Crippen LogP contribution in [0.25, 0.3) is 0 Å². The Kier molecular flexibility index (Phi) is 5.30. The summed E-state index contributed by atoms with van der Waals surface area (Å²) in [6.07, 6.45) is 1.56. The Morgan fingerprint density at radius 1 is 1.32 bits per heavy atom. The number of aromatic nitrogens is 1. The second-order valence-corrected chi connectivity index (χ2v) is 6.60. The highest BCUT2D eigenvalue weighted by Crippen LogP contribution is 2.28. The molecule has 2 aromatic heterocycles. The van der Waals surface area contributed by atoms with Crippen molar-refractivity contribution < 1.29 is 13.9 Å². The summed E-state index contributed by atoms with van der Waals surface area (Å²) in [6, 6.07) is 3.65. The molecule has 0 aromatic carbocycles. The van der Waals surface area contributed by atoms with E-state index in [2.05, 4.69) is 10.3 Å². The molecule has 1 unspecified atom stereocenters. The summed E-state index contributed by atoms with van der Waals surface area (Å²) in [5, 5.41) is 3.70. The van der Waals surface area contributed by atoms with Crippen LogP contribution in [-0.4, -0.2) is 42.1 Å². The first-order chi connectivity index (χ1) is 12.0. The molecule has 0 saturated carbocycles. The molecule has 1 amide bonds. The number of rotatable bonds is 4. The molecular formula is C18H22ClN3O3. The third-order valence-corrected chi connectivity index (χ3v) is 4.57. The number of amides is 1. The lowest BCUT2D eigenvalue weighted by Crippen LogP contribution is -2.40. The van der Waals surface area contributed by atoms with Crippen LogP contribution in [0.4, 0.5) is 5.82 Å². The Labute approximate surface area is 152 Å². The molecule has 3 rings (SSSR count). The van der Waals surface area contributed by atoms with Crippen LogP contribution in [0.2, 0.25) is 5.02 Å². The summed E-state index contributed by atoms with van der Waals surface area (Å²) in [7, 11) is 0. The second kappa shape index (κ2) is 7.45. The van der Waals surface area contributed by atoms with E-state index < -0.39 is 0 Å². The summed E-state index contributed by atoms with van der Waals surface area (Å²) in [5.74, 6) is 2.21. The Hall–Kier alpha value is -2.05. The quantitative estimate of drug-likeness (QED) is 0.899. The zero-order valence-electron chi connectivity index (χ0n) is 14.6. The predicted molar refractivity (Wildman–Crippen MR) is 96.2 cm³/mol. The average molecular weight is 364 g/mol.